The van der Waals surface area contributed by atoms with Crippen LogP contribution < -0.4 is 15.8 Å². The Morgan fingerprint density at radius 2 is 1.54 bits per heavy atom. The number of aryl methyl sites for hydroxylation is 3. The number of rotatable bonds is 4. The maximum absolute atomic E-state index is 12.8. The minimum atomic E-state index is -3.84. The van der Waals surface area contributed by atoms with Crippen molar-refractivity contribution in [3.8, 4) is 0 Å². The van der Waals surface area contributed by atoms with Crippen molar-refractivity contribution in [1.82, 2.24) is 9.13 Å². The van der Waals surface area contributed by atoms with E-state index in [9.17, 15) is 18.0 Å². The molecule has 0 aliphatic rings. The lowest BCUT2D eigenvalue weighted by Crippen LogP contribution is -2.39. The van der Waals surface area contributed by atoms with E-state index in [2.05, 4.69) is 4.72 Å². The summed E-state index contributed by atoms with van der Waals surface area (Å²) in [4.78, 5) is 23.9. The largest absolute Gasteiger partial charge is 0.316 e. The van der Waals surface area contributed by atoms with Gasteiger partial charge in [-0.25, -0.2) is 8.42 Å². The average molecular weight is 373 g/mol. The van der Waals surface area contributed by atoms with E-state index in [1.165, 1.54) is 36.9 Å². The van der Waals surface area contributed by atoms with Crippen molar-refractivity contribution in [1.29, 1.82) is 0 Å². The lowest BCUT2D eigenvalue weighted by atomic mass is 10.1. The predicted molar refractivity (Wildman–Crippen MR) is 101 cm³/mol. The standard InChI is InChI=1S/C18H19N3O4S/c1-4-12-7-5-6-8-14(12)19-26(24,25)13-9-10-15-16(11-13)21(3)18(23)17(22)20(15)2/h5-11,19H,4H2,1-3H3. The molecule has 0 aliphatic heterocycles. The molecular weight excluding hydrogens is 354 g/mol. The number of nitrogens with zero attached hydrogens (tertiary/aromatic N) is 2. The van der Waals surface area contributed by atoms with Gasteiger partial charge in [0.25, 0.3) is 10.0 Å². The van der Waals surface area contributed by atoms with Crippen molar-refractivity contribution in [2.45, 2.75) is 18.2 Å². The molecule has 0 spiro atoms. The zero-order valence-corrected chi connectivity index (χ0v) is 15.5. The van der Waals surface area contributed by atoms with Gasteiger partial charge in [0.2, 0.25) is 0 Å². The summed E-state index contributed by atoms with van der Waals surface area (Å²) in [6.45, 7) is 1.94. The van der Waals surface area contributed by atoms with Gasteiger partial charge in [-0.3, -0.25) is 14.3 Å². The highest BCUT2D eigenvalue weighted by atomic mass is 32.2. The number of para-hydroxylation sites is 1. The molecule has 3 aromatic rings. The molecule has 0 radical (unpaired) electrons. The van der Waals surface area contributed by atoms with Gasteiger partial charge in [-0.2, -0.15) is 0 Å². The van der Waals surface area contributed by atoms with Crippen LogP contribution in [-0.4, -0.2) is 17.6 Å². The van der Waals surface area contributed by atoms with E-state index in [1.54, 1.807) is 12.1 Å². The van der Waals surface area contributed by atoms with Crippen molar-refractivity contribution in [2.75, 3.05) is 4.72 Å². The SMILES string of the molecule is CCc1ccccc1NS(=O)(=O)c1ccc2c(c1)n(C)c(=O)c(=O)n2C. The van der Waals surface area contributed by atoms with Crippen LogP contribution in [-0.2, 0) is 30.5 Å². The summed E-state index contributed by atoms with van der Waals surface area (Å²) >= 11 is 0. The molecule has 1 N–H and O–H groups in total. The fourth-order valence-electron chi connectivity index (χ4n) is 2.86. The van der Waals surface area contributed by atoms with E-state index in [1.807, 2.05) is 19.1 Å². The molecule has 0 bridgehead atoms. The minimum Gasteiger partial charge on any atom is -0.305 e. The lowest BCUT2D eigenvalue weighted by Gasteiger charge is -2.13. The quantitative estimate of drug-likeness (QED) is 0.704. The Balaban J connectivity index is 2.16. The first-order valence-corrected chi connectivity index (χ1v) is 9.55. The normalized spacial score (nSPS) is 11.7. The number of hydrogen-bond acceptors (Lipinski definition) is 4. The molecule has 8 heteroatoms. The summed E-state index contributed by atoms with van der Waals surface area (Å²) in [5.74, 6) is 0. The predicted octanol–water partition coefficient (Wildman–Crippen LogP) is 1.60. The number of benzene rings is 2. The summed E-state index contributed by atoms with van der Waals surface area (Å²) in [6.07, 6.45) is 0.688. The van der Waals surface area contributed by atoms with Crippen molar-refractivity contribution >= 4 is 26.7 Å². The number of sulfonamides is 1. The molecule has 26 heavy (non-hydrogen) atoms. The summed E-state index contributed by atoms with van der Waals surface area (Å²) in [6, 6.07) is 11.5. The second-order valence-electron chi connectivity index (χ2n) is 6.00. The van der Waals surface area contributed by atoms with Gasteiger partial charge in [-0.05, 0) is 36.2 Å². The van der Waals surface area contributed by atoms with Crippen LogP contribution in [0.1, 0.15) is 12.5 Å². The van der Waals surface area contributed by atoms with Crippen LogP contribution in [0.3, 0.4) is 0 Å². The Bertz CT molecular complexity index is 1220. The third-order valence-corrected chi connectivity index (χ3v) is 5.78. The Hall–Kier alpha value is -2.87. The topological polar surface area (TPSA) is 90.2 Å². The van der Waals surface area contributed by atoms with Gasteiger partial charge in [0.05, 0.1) is 21.6 Å². The van der Waals surface area contributed by atoms with Gasteiger partial charge in [-0.15, -0.1) is 0 Å². The Labute approximate surface area is 150 Å². The summed E-state index contributed by atoms with van der Waals surface area (Å²) in [5, 5.41) is 0. The number of hydrogen-bond donors (Lipinski definition) is 1. The van der Waals surface area contributed by atoms with E-state index >= 15 is 0 Å². The molecule has 0 unspecified atom stereocenters. The van der Waals surface area contributed by atoms with Gasteiger partial charge in [0, 0.05) is 14.1 Å². The van der Waals surface area contributed by atoms with Crippen LogP contribution in [0.5, 0.6) is 0 Å². The molecule has 0 atom stereocenters. The molecule has 2 aromatic carbocycles. The van der Waals surface area contributed by atoms with Crippen molar-refractivity contribution in [3.05, 3.63) is 68.7 Å². The lowest BCUT2D eigenvalue weighted by molar-refractivity contribution is 0.601. The molecule has 0 amide bonds. The first kappa shape index (κ1) is 17.9. The minimum absolute atomic E-state index is 0.0181. The molecule has 7 nitrogen and oxygen atoms in total. The number of fused-ring (bicyclic) bond motifs is 1. The van der Waals surface area contributed by atoms with Crippen LogP contribution in [0, 0.1) is 0 Å². The molecule has 0 aliphatic carbocycles. The van der Waals surface area contributed by atoms with E-state index in [4.69, 9.17) is 0 Å². The fraction of sp³-hybridized carbons (Fsp3) is 0.222. The monoisotopic (exact) mass is 373 g/mol. The molecule has 0 saturated carbocycles. The van der Waals surface area contributed by atoms with Crippen LogP contribution in [0.25, 0.3) is 11.0 Å². The third kappa shape index (κ3) is 2.92. The van der Waals surface area contributed by atoms with E-state index in [-0.39, 0.29) is 4.90 Å². The van der Waals surface area contributed by atoms with Crippen molar-refractivity contribution < 1.29 is 8.42 Å². The van der Waals surface area contributed by atoms with Gasteiger partial charge >= 0.3 is 11.1 Å². The summed E-state index contributed by atoms with van der Waals surface area (Å²) in [5.41, 5.74) is 0.870. The van der Waals surface area contributed by atoms with Gasteiger partial charge in [0.1, 0.15) is 0 Å². The van der Waals surface area contributed by atoms with Crippen molar-refractivity contribution in [3.63, 3.8) is 0 Å². The molecule has 0 saturated heterocycles. The Morgan fingerprint density at radius 3 is 2.19 bits per heavy atom. The first-order valence-electron chi connectivity index (χ1n) is 8.06. The molecule has 0 fully saturated rings. The van der Waals surface area contributed by atoms with Crippen LogP contribution >= 0.6 is 0 Å². The van der Waals surface area contributed by atoms with Crippen LogP contribution in [0.15, 0.2) is 56.9 Å². The van der Waals surface area contributed by atoms with Gasteiger partial charge < -0.3 is 9.13 Å². The van der Waals surface area contributed by atoms with E-state index < -0.39 is 21.1 Å². The fourth-order valence-corrected chi connectivity index (χ4v) is 3.98. The van der Waals surface area contributed by atoms with E-state index in [0.29, 0.717) is 23.1 Å². The highest BCUT2D eigenvalue weighted by molar-refractivity contribution is 7.92. The van der Waals surface area contributed by atoms with Crippen molar-refractivity contribution in [2.24, 2.45) is 14.1 Å². The van der Waals surface area contributed by atoms with E-state index in [0.717, 1.165) is 10.1 Å². The zero-order chi connectivity index (χ0) is 19.1. The maximum Gasteiger partial charge on any atom is 0.316 e. The smallest absolute Gasteiger partial charge is 0.305 e. The number of aromatic nitrogens is 2. The highest BCUT2D eigenvalue weighted by Gasteiger charge is 2.18. The van der Waals surface area contributed by atoms with Gasteiger partial charge in [0.15, 0.2) is 0 Å². The average Bonchev–Trinajstić information content (AvgIpc) is 2.64. The Kier molecular flexibility index (Phi) is 4.45. The third-order valence-electron chi connectivity index (χ3n) is 4.41. The second-order valence-corrected chi connectivity index (χ2v) is 7.68. The van der Waals surface area contributed by atoms with Crippen LogP contribution in [0.4, 0.5) is 5.69 Å². The molecule has 1 aromatic heterocycles. The highest BCUT2D eigenvalue weighted by Crippen LogP contribution is 2.22. The number of anilines is 1. The first-order chi connectivity index (χ1) is 12.3. The summed E-state index contributed by atoms with van der Waals surface area (Å²) in [7, 11) is -0.914. The second kappa shape index (κ2) is 6.45. The van der Waals surface area contributed by atoms with Gasteiger partial charge in [-0.1, -0.05) is 25.1 Å². The summed E-state index contributed by atoms with van der Waals surface area (Å²) < 4.78 is 30.6. The Morgan fingerprint density at radius 1 is 0.923 bits per heavy atom. The zero-order valence-electron chi connectivity index (χ0n) is 14.7. The maximum atomic E-state index is 12.8. The number of nitrogens with one attached hydrogen (secondary N) is 1. The molecule has 1 heterocycles. The molecular formula is C18H19N3O4S. The molecule has 136 valence electrons. The van der Waals surface area contributed by atoms with Crippen LogP contribution in [0.2, 0.25) is 0 Å². The molecule has 3 rings (SSSR count).